The van der Waals surface area contributed by atoms with Gasteiger partial charge >= 0.3 is 5.97 Å². The standard InChI is InChI=1S/C26H29N3O3S2/c1-5-21-23(25(31)32-4)24(20-13-16(2)8-9-17(20)3)29-18(15-34-26(29)28-21)14-22(30)27-11-10-19-7-6-12-33-19/h6-9,12-13,15,24H,5,10-11,14H2,1-4H3,(H,27,30)/t24-/m0/s1. The molecule has 2 aromatic rings. The average molecular weight is 496 g/mol. The molecule has 34 heavy (non-hydrogen) atoms. The van der Waals surface area contributed by atoms with Crippen LogP contribution in [0, 0.1) is 13.8 Å². The number of hydrogen-bond acceptors (Lipinski definition) is 7. The number of thioether (sulfide) groups is 1. The minimum atomic E-state index is -0.394. The molecule has 4 rings (SSSR count). The van der Waals surface area contributed by atoms with Gasteiger partial charge in [-0.2, -0.15) is 0 Å². The van der Waals surface area contributed by atoms with E-state index >= 15 is 0 Å². The molecule has 0 fully saturated rings. The third kappa shape index (κ3) is 4.98. The zero-order valence-electron chi connectivity index (χ0n) is 19.9. The number of esters is 1. The molecule has 2 aliphatic heterocycles. The molecule has 0 bridgehead atoms. The summed E-state index contributed by atoms with van der Waals surface area (Å²) in [5.41, 5.74) is 5.30. The Morgan fingerprint density at radius 2 is 2.06 bits per heavy atom. The third-order valence-corrected chi connectivity index (χ3v) is 7.80. The smallest absolute Gasteiger partial charge is 0.338 e. The van der Waals surface area contributed by atoms with Crippen molar-refractivity contribution in [1.29, 1.82) is 0 Å². The number of ether oxygens (including phenoxy) is 1. The van der Waals surface area contributed by atoms with Crippen molar-refractivity contribution >= 4 is 40.1 Å². The molecule has 1 aromatic carbocycles. The zero-order valence-corrected chi connectivity index (χ0v) is 21.5. The molecule has 2 aliphatic rings. The van der Waals surface area contributed by atoms with E-state index in [9.17, 15) is 9.59 Å². The van der Waals surface area contributed by atoms with Gasteiger partial charge in [0, 0.05) is 17.1 Å². The molecular formula is C26H29N3O3S2. The summed E-state index contributed by atoms with van der Waals surface area (Å²) in [6.07, 6.45) is 1.64. The highest BCUT2D eigenvalue weighted by molar-refractivity contribution is 8.16. The summed E-state index contributed by atoms with van der Waals surface area (Å²) in [6, 6.07) is 9.94. The number of aliphatic imine (C=N–C) groups is 1. The SMILES string of the molecule is CCC1=C(C(=O)OC)[C@H](c2cc(C)ccc2C)N2C(CC(=O)NCCc3cccs3)=CSC2=N1. The van der Waals surface area contributed by atoms with Gasteiger partial charge in [-0.3, -0.25) is 4.79 Å². The van der Waals surface area contributed by atoms with Crippen LogP contribution in [0.3, 0.4) is 0 Å². The van der Waals surface area contributed by atoms with Gasteiger partial charge in [0.15, 0.2) is 5.17 Å². The maximum absolute atomic E-state index is 13.0. The lowest BCUT2D eigenvalue weighted by atomic mass is 9.89. The molecule has 1 amide bonds. The van der Waals surface area contributed by atoms with Crippen molar-refractivity contribution in [3.63, 3.8) is 0 Å². The van der Waals surface area contributed by atoms with Crippen molar-refractivity contribution in [2.24, 2.45) is 4.99 Å². The number of hydrogen-bond donors (Lipinski definition) is 1. The normalized spacial score (nSPS) is 17.3. The molecule has 0 spiro atoms. The summed E-state index contributed by atoms with van der Waals surface area (Å²) in [6.45, 7) is 6.67. The number of carbonyl (C=O) groups is 2. The Labute approximate surface area is 208 Å². The van der Waals surface area contributed by atoms with Crippen LogP contribution in [-0.4, -0.2) is 35.6 Å². The van der Waals surface area contributed by atoms with E-state index in [1.807, 2.05) is 42.5 Å². The molecule has 0 radical (unpaired) electrons. The molecule has 0 saturated carbocycles. The Balaban J connectivity index is 1.63. The van der Waals surface area contributed by atoms with Crippen molar-refractivity contribution in [3.05, 3.63) is 79.7 Å². The lowest BCUT2D eigenvalue weighted by Gasteiger charge is -2.37. The molecule has 0 unspecified atom stereocenters. The fourth-order valence-electron chi connectivity index (χ4n) is 4.27. The Bertz CT molecular complexity index is 1180. The number of nitrogens with one attached hydrogen (secondary N) is 1. The average Bonchev–Trinajstić information content (AvgIpc) is 3.49. The highest BCUT2D eigenvalue weighted by Crippen LogP contribution is 2.46. The van der Waals surface area contributed by atoms with Crippen molar-refractivity contribution in [2.75, 3.05) is 13.7 Å². The molecule has 8 heteroatoms. The number of rotatable bonds is 8. The van der Waals surface area contributed by atoms with Crippen molar-refractivity contribution < 1.29 is 14.3 Å². The highest BCUT2D eigenvalue weighted by atomic mass is 32.2. The largest absolute Gasteiger partial charge is 0.466 e. The van der Waals surface area contributed by atoms with E-state index in [4.69, 9.17) is 9.73 Å². The topological polar surface area (TPSA) is 71.0 Å². The first-order valence-electron chi connectivity index (χ1n) is 11.3. The summed E-state index contributed by atoms with van der Waals surface area (Å²) in [5.74, 6) is -0.434. The molecule has 1 N–H and O–H groups in total. The maximum Gasteiger partial charge on any atom is 0.338 e. The van der Waals surface area contributed by atoms with Gasteiger partial charge in [-0.1, -0.05) is 48.5 Å². The van der Waals surface area contributed by atoms with Gasteiger partial charge in [-0.15, -0.1) is 11.3 Å². The summed E-state index contributed by atoms with van der Waals surface area (Å²) in [7, 11) is 1.40. The van der Waals surface area contributed by atoms with E-state index in [0.29, 0.717) is 18.5 Å². The number of allylic oxidation sites excluding steroid dienone is 1. The van der Waals surface area contributed by atoms with E-state index in [2.05, 4.69) is 29.6 Å². The fourth-order valence-corrected chi connectivity index (χ4v) is 5.91. The lowest BCUT2D eigenvalue weighted by molar-refractivity contribution is -0.136. The number of benzene rings is 1. The van der Waals surface area contributed by atoms with Crippen LogP contribution >= 0.6 is 23.1 Å². The Hall–Kier alpha value is -2.84. The number of carbonyl (C=O) groups excluding carboxylic acids is 2. The second-order valence-electron chi connectivity index (χ2n) is 8.32. The van der Waals surface area contributed by atoms with E-state index in [1.54, 1.807) is 11.3 Å². The second-order valence-corrected chi connectivity index (χ2v) is 10.2. The summed E-state index contributed by atoms with van der Waals surface area (Å²) < 4.78 is 5.20. The quantitative estimate of drug-likeness (QED) is 0.507. The summed E-state index contributed by atoms with van der Waals surface area (Å²) in [5, 5.41) is 7.84. The highest BCUT2D eigenvalue weighted by Gasteiger charge is 2.42. The number of nitrogens with zero attached hydrogens (tertiary/aromatic N) is 2. The number of amidine groups is 1. The molecule has 0 aliphatic carbocycles. The van der Waals surface area contributed by atoms with E-state index in [-0.39, 0.29) is 18.3 Å². The summed E-state index contributed by atoms with van der Waals surface area (Å²) >= 11 is 3.19. The lowest BCUT2D eigenvalue weighted by Crippen LogP contribution is -2.38. The van der Waals surface area contributed by atoms with Gasteiger partial charge < -0.3 is 15.0 Å². The molecule has 3 heterocycles. The van der Waals surface area contributed by atoms with Gasteiger partial charge in [0.05, 0.1) is 30.8 Å². The van der Waals surface area contributed by atoms with E-state index in [0.717, 1.165) is 39.7 Å². The monoisotopic (exact) mass is 495 g/mol. The molecular weight excluding hydrogens is 466 g/mol. The van der Waals surface area contributed by atoms with E-state index < -0.39 is 6.04 Å². The van der Waals surface area contributed by atoms with Gasteiger partial charge in [0.2, 0.25) is 5.91 Å². The van der Waals surface area contributed by atoms with Crippen LogP contribution < -0.4 is 5.32 Å². The minimum absolute atomic E-state index is 0.0470. The first kappa shape index (κ1) is 24.3. The second kappa shape index (κ2) is 10.6. The van der Waals surface area contributed by atoms with Crippen LogP contribution in [-0.2, 0) is 20.7 Å². The number of fused-ring (bicyclic) bond motifs is 1. The van der Waals surface area contributed by atoms with Crippen LogP contribution in [0.4, 0.5) is 0 Å². The molecule has 0 saturated heterocycles. The maximum atomic E-state index is 13.0. The first-order chi connectivity index (χ1) is 16.4. The van der Waals surface area contributed by atoms with Crippen molar-refractivity contribution in [3.8, 4) is 0 Å². The third-order valence-electron chi connectivity index (χ3n) is 5.97. The fraction of sp³-hybridized carbons (Fsp3) is 0.346. The van der Waals surface area contributed by atoms with Crippen LogP contribution in [0.2, 0.25) is 0 Å². The van der Waals surface area contributed by atoms with Crippen LogP contribution in [0.15, 0.2) is 63.1 Å². The molecule has 6 nitrogen and oxygen atoms in total. The Morgan fingerprint density at radius 1 is 1.24 bits per heavy atom. The minimum Gasteiger partial charge on any atom is -0.466 e. The molecule has 178 valence electrons. The van der Waals surface area contributed by atoms with Gasteiger partial charge in [0.25, 0.3) is 0 Å². The van der Waals surface area contributed by atoms with Gasteiger partial charge in [-0.25, -0.2) is 9.79 Å². The van der Waals surface area contributed by atoms with Gasteiger partial charge in [-0.05, 0) is 54.7 Å². The van der Waals surface area contributed by atoms with Crippen LogP contribution in [0.1, 0.15) is 47.4 Å². The number of amides is 1. The molecule has 1 aromatic heterocycles. The zero-order chi connectivity index (χ0) is 24.2. The van der Waals surface area contributed by atoms with Crippen LogP contribution in [0.5, 0.6) is 0 Å². The first-order valence-corrected chi connectivity index (χ1v) is 13.1. The number of aryl methyl sites for hydroxylation is 2. The Kier molecular flexibility index (Phi) is 7.58. The predicted molar refractivity (Wildman–Crippen MR) is 139 cm³/mol. The van der Waals surface area contributed by atoms with Crippen molar-refractivity contribution in [1.82, 2.24) is 10.2 Å². The molecule has 1 atom stereocenters. The summed E-state index contributed by atoms with van der Waals surface area (Å²) in [4.78, 5) is 33.9. The predicted octanol–water partition coefficient (Wildman–Crippen LogP) is 5.25. The van der Waals surface area contributed by atoms with Crippen LogP contribution in [0.25, 0.3) is 0 Å². The number of methoxy groups -OCH3 is 1. The van der Waals surface area contributed by atoms with Gasteiger partial charge in [0.1, 0.15) is 0 Å². The van der Waals surface area contributed by atoms with Crippen molar-refractivity contribution in [2.45, 2.75) is 46.1 Å². The van der Waals surface area contributed by atoms with E-state index in [1.165, 1.54) is 23.7 Å². The number of thiophene rings is 1. The Morgan fingerprint density at radius 3 is 2.76 bits per heavy atom.